The molecule has 0 aromatic carbocycles. The maximum Gasteiger partial charge on any atom is 0.358 e. The molecular formula is C8H11NO3. The standard InChI is InChI=1S/C8H11NO3/c1-3-12-8(11)6-7(10)5(2)4-9-6/h4,9-10H,3H2,1-2H3. The third-order valence-electron chi connectivity index (χ3n) is 1.52. The monoisotopic (exact) mass is 169 g/mol. The molecule has 0 aliphatic rings. The van der Waals surface area contributed by atoms with Crippen molar-refractivity contribution in [2.45, 2.75) is 13.8 Å². The fraction of sp³-hybridized carbons (Fsp3) is 0.375. The van der Waals surface area contributed by atoms with E-state index in [9.17, 15) is 9.90 Å². The summed E-state index contributed by atoms with van der Waals surface area (Å²) in [6.07, 6.45) is 1.56. The van der Waals surface area contributed by atoms with Crippen LogP contribution in [0.2, 0.25) is 0 Å². The summed E-state index contributed by atoms with van der Waals surface area (Å²) < 4.78 is 4.69. The van der Waals surface area contributed by atoms with Crippen molar-refractivity contribution in [1.82, 2.24) is 4.98 Å². The number of nitrogens with one attached hydrogen (secondary N) is 1. The number of H-pyrrole nitrogens is 1. The molecule has 1 heterocycles. The Balaban J connectivity index is 2.88. The summed E-state index contributed by atoms with van der Waals surface area (Å²) in [5.41, 5.74) is 0.757. The predicted octanol–water partition coefficient (Wildman–Crippen LogP) is 1.21. The number of carbonyl (C=O) groups excluding carboxylic acids is 1. The van der Waals surface area contributed by atoms with Gasteiger partial charge in [-0.3, -0.25) is 0 Å². The van der Waals surface area contributed by atoms with Crippen molar-refractivity contribution in [2.24, 2.45) is 0 Å². The van der Waals surface area contributed by atoms with Crippen molar-refractivity contribution in [2.75, 3.05) is 6.61 Å². The van der Waals surface area contributed by atoms with Crippen LogP contribution in [0.4, 0.5) is 0 Å². The first-order chi connectivity index (χ1) is 5.66. The van der Waals surface area contributed by atoms with Gasteiger partial charge in [0.1, 0.15) is 0 Å². The maximum atomic E-state index is 11.1. The van der Waals surface area contributed by atoms with Crippen molar-refractivity contribution in [1.29, 1.82) is 0 Å². The maximum absolute atomic E-state index is 11.1. The van der Waals surface area contributed by atoms with E-state index in [1.165, 1.54) is 0 Å². The minimum atomic E-state index is -0.525. The first-order valence-corrected chi connectivity index (χ1v) is 3.70. The quantitative estimate of drug-likeness (QED) is 0.654. The molecule has 66 valence electrons. The third kappa shape index (κ3) is 1.42. The first-order valence-electron chi connectivity index (χ1n) is 3.70. The second-order valence-electron chi connectivity index (χ2n) is 2.42. The van der Waals surface area contributed by atoms with Crippen LogP contribution in [0.25, 0.3) is 0 Å². The summed E-state index contributed by atoms with van der Waals surface area (Å²) in [6.45, 7) is 3.72. The first kappa shape index (κ1) is 8.64. The van der Waals surface area contributed by atoms with Gasteiger partial charge < -0.3 is 14.8 Å². The molecule has 0 fully saturated rings. The number of aromatic amines is 1. The number of hydrogen-bond donors (Lipinski definition) is 2. The minimum Gasteiger partial charge on any atom is -0.505 e. The Morgan fingerprint density at radius 1 is 1.75 bits per heavy atom. The van der Waals surface area contributed by atoms with Gasteiger partial charge in [-0.05, 0) is 13.8 Å². The molecule has 0 aliphatic carbocycles. The van der Waals surface area contributed by atoms with Crippen LogP contribution in [-0.2, 0) is 4.74 Å². The fourth-order valence-corrected chi connectivity index (χ4v) is 0.873. The van der Waals surface area contributed by atoms with Crippen LogP contribution in [0.3, 0.4) is 0 Å². The van der Waals surface area contributed by atoms with Crippen LogP contribution in [0.1, 0.15) is 23.0 Å². The molecule has 12 heavy (non-hydrogen) atoms. The molecule has 0 radical (unpaired) electrons. The molecule has 4 heteroatoms. The molecule has 0 bridgehead atoms. The normalized spacial score (nSPS) is 9.83. The van der Waals surface area contributed by atoms with Gasteiger partial charge in [0.15, 0.2) is 11.4 Å². The fourth-order valence-electron chi connectivity index (χ4n) is 0.873. The largest absolute Gasteiger partial charge is 0.505 e. The van der Waals surface area contributed by atoms with Crippen molar-refractivity contribution in [3.05, 3.63) is 17.5 Å². The summed E-state index contributed by atoms with van der Waals surface area (Å²) in [4.78, 5) is 13.7. The van der Waals surface area contributed by atoms with Crippen LogP contribution < -0.4 is 0 Å². The molecule has 4 nitrogen and oxygen atoms in total. The van der Waals surface area contributed by atoms with Crippen molar-refractivity contribution in [3.8, 4) is 5.75 Å². The Morgan fingerprint density at radius 3 is 2.83 bits per heavy atom. The predicted molar refractivity (Wildman–Crippen MR) is 43.2 cm³/mol. The average molecular weight is 169 g/mol. The molecule has 0 aliphatic heterocycles. The highest BCUT2D eigenvalue weighted by molar-refractivity contribution is 5.90. The zero-order valence-corrected chi connectivity index (χ0v) is 7.05. The molecule has 0 saturated heterocycles. The Morgan fingerprint density at radius 2 is 2.42 bits per heavy atom. The van der Waals surface area contributed by atoms with Gasteiger partial charge in [0.05, 0.1) is 6.61 Å². The van der Waals surface area contributed by atoms with Gasteiger partial charge in [-0.1, -0.05) is 0 Å². The summed E-state index contributed by atoms with van der Waals surface area (Å²) >= 11 is 0. The van der Waals surface area contributed by atoms with Crippen LogP contribution in [0.5, 0.6) is 5.75 Å². The molecule has 0 unspecified atom stereocenters. The summed E-state index contributed by atoms with van der Waals surface area (Å²) in [5, 5.41) is 9.30. The number of carbonyl (C=O) groups is 1. The average Bonchev–Trinajstić information content (AvgIpc) is 2.34. The van der Waals surface area contributed by atoms with E-state index in [1.54, 1.807) is 20.0 Å². The van der Waals surface area contributed by atoms with E-state index in [4.69, 9.17) is 4.74 Å². The number of aromatic hydroxyl groups is 1. The van der Waals surface area contributed by atoms with E-state index >= 15 is 0 Å². The summed E-state index contributed by atoms with van der Waals surface area (Å²) in [5.74, 6) is -0.559. The highest BCUT2D eigenvalue weighted by Gasteiger charge is 2.15. The Labute approximate surface area is 70.2 Å². The number of ether oxygens (including phenoxy) is 1. The molecule has 1 aromatic heterocycles. The SMILES string of the molecule is CCOC(=O)c1[nH]cc(C)c1O. The lowest BCUT2D eigenvalue weighted by Crippen LogP contribution is -2.04. The minimum absolute atomic E-state index is 0.0338. The molecule has 2 N–H and O–H groups in total. The molecule has 0 saturated carbocycles. The number of hydrogen-bond acceptors (Lipinski definition) is 3. The second kappa shape index (κ2) is 3.30. The van der Waals surface area contributed by atoms with Gasteiger partial charge in [-0.25, -0.2) is 4.79 Å². The zero-order chi connectivity index (χ0) is 9.14. The van der Waals surface area contributed by atoms with E-state index in [0.29, 0.717) is 12.2 Å². The summed E-state index contributed by atoms with van der Waals surface area (Å²) in [6, 6.07) is 0. The third-order valence-corrected chi connectivity index (χ3v) is 1.52. The number of aromatic nitrogens is 1. The van der Waals surface area contributed by atoms with Gasteiger partial charge in [-0.2, -0.15) is 0 Å². The van der Waals surface area contributed by atoms with E-state index in [1.807, 2.05) is 0 Å². The van der Waals surface area contributed by atoms with E-state index in [-0.39, 0.29) is 11.4 Å². The van der Waals surface area contributed by atoms with Crippen LogP contribution in [-0.4, -0.2) is 22.7 Å². The molecule has 0 spiro atoms. The van der Waals surface area contributed by atoms with Crippen LogP contribution in [0, 0.1) is 6.92 Å². The zero-order valence-electron chi connectivity index (χ0n) is 7.05. The highest BCUT2D eigenvalue weighted by atomic mass is 16.5. The van der Waals surface area contributed by atoms with Gasteiger partial charge in [0.25, 0.3) is 0 Å². The van der Waals surface area contributed by atoms with Gasteiger partial charge in [-0.15, -0.1) is 0 Å². The van der Waals surface area contributed by atoms with Gasteiger partial charge in [0, 0.05) is 11.8 Å². The second-order valence-corrected chi connectivity index (χ2v) is 2.42. The van der Waals surface area contributed by atoms with E-state index < -0.39 is 5.97 Å². The molecule has 1 aromatic rings. The Kier molecular flexibility index (Phi) is 2.38. The smallest absolute Gasteiger partial charge is 0.358 e. The Hall–Kier alpha value is -1.45. The van der Waals surface area contributed by atoms with Crippen molar-refractivity contribution >= 4 is 5.97 Å². The summed E-state index contributed by atoms with van der Waals surface area (Å²) in [7, 11) is 0. The number of esters is 1. The van der Waals surface area contributed by atoms with Gasteiger partial charge >= 0.3 is 5.97 Å². The number of aryl methyl sites for hydroxylation is 1. The molecule has 1 rings (SSSR count). The van der Waals surface area contributed by atoms with Crippen LogP contribution >= 0.6 is 0 Å². The Bertz CT molecular complexity index is 290. The lowest BCUT2D eigenvalue weighted by atomic mass is 10.3. The molecular weight excluding hydrogens is 158 g/mol. The molecule has 0 amide bonds. The highest BCUT2D eigenvalue weighted by Crippen LogP contribution is 2.20. The van der Waals surface area contributed by atoms with Crippen molar-refractivity contribution in [3.63, 3.8) is 0 Å². The van der Waals surface area contributed by atoms with Crippen molar-refractivity contribution < 1.29 is 14.6 Å². The van der Waals surface area contributed by atoms with Crippen LogP contribution in [0.15, 0.2) is 6.20 Å². The molecule has 0 atom stereocenters. The lowest BCUT2D eigenvalue weighted by molar-refractivity contribution is 0.0517. The number of rotatable bonds is 2. The van der Waals surface area contributed by atoms with Gasteiger partial charge in [0.2, 0.25) is 0 Å². The van der Waals surface area contributed by atoms with E-state index in [0.717, 1.165) is 0 Å². The topological polar surface area (TPSA) is 62.3 Å². The van der Waals surface area contributed by atoms with E-state index in [2.05, 4.69) is 4.98 Å². The lowest BCUT2D eigenvalue weighted by Gasteiger charge is -1.98.